The van der Waals surface area contributed by atoms with Gasteiger partial charge in [0, 0.05) is 0 Å². The molecule has 0 fully saturated rings. The number of hydrogen-bond acceptors (Lipinski definition) is 4. The molecule has 0 saturated heterocycles. The third-order valence-corrected chi connectivity index (χ3v) is 0.942. The molecule has 4 N–H and O–H groups in total. The number of hydrogen-bond donors (Lipinski definition) is 3. The fraction of sp³-hybridized carbons (Fsp3) is 0.400. The van der Waals surface area contributed by atoms with Crippen LogP contribution in [0.3, 0.4) is 0 Å². The van der Waals surface area contributed by atoms with Gasteiger partial charge in [-0.1, -0.05) is 0 Å². The smallest absolute Gasteiger partial charge is 0.321 e. The highest BCUT2D eigenvalue weighted by Gasteiger charge is 2.15. The monoisotopic (exact) mass is 160 g/mol. The van der Waals surface area contributed by atoms with Crippen molar-refractivity contribution in [1.29, 1.82) is 0 Å². The van der Waals surface area contributed by atoms with E-state index in [0.717, 1.165) is 0 Å². The van der Waals surface area contributed by atoms with Crippen LogP contribution in [0.15, 0.2) is 0 Å². The molecular formula is C5H8N2O4. The maximum Gasteiger partial charge on any atom is 0.321 e. The van der Waals surface area contributed by atoms with Gasteiger partial charge in [0.1, 0.15) is 6.04 Å². The van der Waals surface area contributed by atoms with Gasteiger partial charge in [0.05, 0.1) is 6.42 Å². The molecule has 0 spiro atoms. The van der Waals surface area contributed by atoms with Crippen LogP contribution in [0.4, 0.5) is 0 Å². The number of carbonyl (C=O) groups excluding carboxylic acids is 2. The highest BCUT2D eigenvalue weighted by Crippen LogP contribution is 1.86. The minimum absolute atomic E-state index is 0.177. The number of carboxylic acid groups (broad SMARTS) is 1. The fourth-order valence-electron chi connectivity index (χ4n) is 0.412. The molecule has 62 valence electrons. The van der Waals surface area contributed by atoms with Crippen LogP contribution < -0.4 is 11.1 Å². The molecule has 0 bridgehead atoms. The van der Waals surface area contributed by atoms with Gasteiger partial charge in [-0.15, -0.1) is 0 Å². The van der Waals surface area contributed by atoms with E-state index in [9.17, 15) is 14.4 Å². The standard InChI is InChI=1S/C5H8N2O4/c6-3(5(10)11)1-4(9)7-2-8/h2-3H,1,6H2,(H,10,11)(H,7,8,9)/t3-/m1/s1. The van der Waals surface area contributed by atoms with Crippen molar-refractivity contribution in [3.05, 3.63) is 0 Å². The lowest BCUT2D eigenvalue weighted by molar-refractivity contribution is -0.140. The molecule has 0 aliphatic carbocycles. The number of amides is 2. The second-order valence-corrected chi connectivity index (χ2v) is 1.83. The molecule has 2 amide bonds. The van der Waals surface area contributed by atoms with E-state index in [1.165, 1.54) is 0 Å². The third kappa shape index (κ3) is 4.04. The summed E-state index contributed by atoms with van der Waals surface area (Å²) >= 11 is 0. The lowest BCUT2D eigenvalue weighted by atomic mass is 10.2. The molecule has 0 radical (unpaired) electrons. The van der Waals surface area contributed by atoms with Gasteiger partial charge in [0.15, 0.2) is 0 Å². The number of imide groups is 1. The van der Waals surface area contributed by atoms with E-state index in [4.69, 9.17) is 10.8 Å². The molecule has 0 aliphatic rings. The van der Waals surface area contributed by atoms with E-state index in [0.29, 0.717) is 0 Å². The Hall–Kier alpha value is -1.43. The van der Waals surface area contributed by atoms with Gasteiger partial charge >= 0.3 is 5.97 Å². The van der Waals surface area contributed by atoms with Crippen molar-refractivity contribution in [2.24, 2.45) is 5.73 Å². The number of carboxylic acids is 1. The summed E-state index contributed by atoms with van der Waals surface area (Å²) in [7, 11) is 0. The minimum Gasteiger partial charge on any atom is -0.480 e. The Balaban J connectivity index is 3.74. The summed E-state index contributed by atoms with van der Waals surface area (Å²) in [4.78, 5) is 30.2. The van der Waals surface area contributed by atoms with Gasteiger partial charge in [-0.3, -0.25) is 19.7 Å². The van der Waals surface area contributed by atoms with Crippen molar-refractivity contribution in [2.75, 3.05) is 0 Å². The van der Waals surface area contributed by atoms with Crippen LogP contribution in [0.25, 0.3) is 0 Å². The summed E-state index contributed by atoms with van der Waals surface area (Å²) in [6.07, 6.45) is -0.217. The van der Waals surface area contributed by atoms with Crippen molar-refractivity contribution >= 4 is 18.3 Å². The maximum atomic E-state index is 10.5. The summed E-state index contributed by atoms with van der Waals surface area (Å²) in [5.74, 6) is -1.97. The van der Waals surface area contributed by atoms with Crippen molar-refractivity contribution < 1.29 is 19.5 Å². The van der Waals surface area contributed by atoms with Crippen LogP contribution in [-0.4, -0.2) is 29.4 Å². The zero-order chi connectivity index (χ0) is 8.85. The highest BCUT2D eigenvalue weighted by atomic mass is 16.4. The van der Waals surface area contributed by atoms with Gasteiger partial charge in [-0.05, 0) is 0 Å². The van der Waals surface area contributed by atoms with E-state index in [-0.39, 0.29) is 6.41 Å². The Labute approximate surface area is 62.4 Å². The van der Waals surface area contributed by atoms with Crippen molar-refractivity contribution in [1.82, 2.24) is 5.32 Å². The lowest BCUT2D eigenvalue weighted by Gasteiger charge is -2.02. The summed E-state index contributed by atoms with van der Waals surface area (Å²) in [5.41, 5.74) is 4.97. The van der Waals surface area contributed by atoms with Gasteiger partial charge in [0.2, 0.25) is 12.3 Å². The summed E-state index contributed by atoms with van der Waals surface area (Å²) in [6, 6.07) is -1.25. The first kappa shape index (κ1) is 9.57. The summed E-state index contributed by atoms with van der Waals surface area (Å²) in [5, 5.41) is 9.97. The molecule has 0 aromatic carbocycles. The molecular weight excluding hydrogens is 152 g/mol. The average molecular weight is 160 g/mol. The Morgan fingerprint density at radius 2 is 2.18 bits per heavy atom. The predicted molar refractivity (Wildman–Crippen MR) is 34.4 cm³/mol. The van der Waals surface area contributed by atoms with Crippen LogP contribution in [-0.2, 0) is 14.4 Å². The van der Waals surface area contributed by atoms with Gasteiger partial charge in [-0.2, -0.15) is 0 Å². The first-order valence-electron chi connectivity index (χ1n) is 2.79. The zero-order valence-electron chi connectivity index (χ0n) is 5.61. The number of nitrogens with two attached hydrogens (primary N) is 1. The molecule has 11 heavy (non-hydrogen) atoms. The van der Waals surface area contributed by atoms with Crippen molar-refractivity contribution in [3.63, 3.8) is 0 Å². The Morgan fingerprint density at radius 1 is 1.64 bits per heavy atom. The van der Waals surface area contributed by atoms with Crippen LogP contribution in [0.5, 0.6) is 0 Å². The molecule has 6 heteroatoms. The average Bonchev–Trinajstić information content (AvgIpc) is 1.87. The molecule has 0 aliphatic heterocycles. The van der Waals surface area contributed by atoms with E-state index >= 15 is 0 Å². The highest BCUT2D eigenvalue weighted by molar-refractivity contribution is 5.89. The second-order valence-electron chi connectivity index (χ2n) is 1.83. The first-order valence-corrected chi connectivity index (χ1v) is 2.79. The molecule has 1 atom stereocenters. The molecule has 0 saturated carbocycles. The van der Waals surface area contributed by atoms with E-state index in [2.05, 4.69) is 0 Å². The minimum atomic E-state index is -1.27. The summed E-state index contributed by atoms with van der Waals surface area (Å²) < 4.78 is 0. The normalized spacial score (nSPS) is 11.7. The number of rotatable bonds is 4. The van der Waals surface area contributed by atoms with E-state index < -0.39 is 24.3 Å². The Bertz CT molecular complexity index is 179. The topological polar surface area (TPSA) is 109 Å². The van der Waals surface area contributed by atoms with Crippen molar-refractivity contribution in [2.45, 2.75) is 12.5 Å². The quantitative estimate of drug-likeness (QED) is 0.414. The van der Waals surface area contributed by atoms with Gasteiger partial charge in [-0.25, -0.2) is 0 Å². The van der Waals surface area contributed by atoms with E-state index in [1.807, 2.05) is 0 Å². The molecule has 0 aromatic heterocycles. The molecule has 0 unspecified atom stereocenters. The largest absolute Gasteiger partial charge is 0.480 e. The zero-order valence-corrected chi connectivity index (χ0v) is 5.61. The SMILES string of the molecule is N[C@H](CC(=O)NC=O)C(=O)O. The molecule has 0 rings (SSSR count). The third-order valence-electron chi connectivity index (χ3n) is 0.942. The number of nitrogens with one attached hydrogen (secondary N) is 1. The lowest BCUT2D eigenvalue weighted by Crippen LogP contribution is -2.36. The maximum absolute atomic E-state index is 10.5. The fourth-order valence-corrected chi connectivity index (χ4v) is 0.412. The predicted octanol–water partition coefficient (Wildman–Crippen LogP) is -1.94. The second kappa shape index (κ2) is 4.40. The van der Waals surface area contributed by atoms with Crippen LogP contribution in [0.1, 0.15) is 6.42 Å². The Kier molecular flexibility index (Phi) is 3.82. The van der Waals surface area contributed by atoms with Crippen molar-refractivity contribution in [3.8, 4) is 0 Å². The number of aliphatic carboxylic acids is 1. The molecule has 0 heterocycles. The van der Waals surface area contributed by atoms with Gasteiger partial charge in [0.25, 0.3) is 0 Å². The van der Waals surface area contributed by atoms with Gasteiger partial charge < -0.3 is 10.8 Å². The first-order chi connectivity index (χ1) is 5.07. The van der Waals surface area contributed by atoms with E-state index in [1.54, 1.807) is 5.32 Å². The number of carbonyl (C=O) groups is 3. The van der Waals surface area contributed by atoms with Crippen LogP contribution in [0.2, 0.25) is 0 Å². The molecule has 6 nitrogen and oxygen atoms in total. The van der Waals surface area contributed by atoms with Crippen LogP contribution >= 0.6 is 0 Å². The molecule has 0 aromatic rings. The van der Waals surface area contributed by atoms with Crippen LogP contribution in [0, 0.1) is 0 Å². The Morgan fingerprint density at radius 3 is 2.55 bits per heavy atom. The summed E-state index contributed by atoms with van der Waals surface area (Å²) in [6.45, 7) is 0.